The monoisotopic (exact) mass is 1050 g/mol. The summed E-state index contributed by atoms with van der Waals surface area (Å²) in [5.74, 6) is -6.07. The molecule has 7 rings (SSSR count). The number of ether oxygens (including phenoxy) is 1. The normalized spacial score (nSPS) is 17.1. The highest BCUT2D eigenvalue weighted by atomic mass is 35.5. The standard InChI is InChI=1S/C42H37ClF10N8O7S2/c1-39(2,69(3,64)65)10-9-23-5-6-24(25-7-8-28(43)32-34(25)60(19-40(46,47)48)58-37(32)61(70(4,66)67)38(63)68-12-11-54)33(55-23)29(15-20-13-21(44)16-22(45)14-20)56-30(62)18-59-36-31(35(57-59)42(51,52)53)26-17-27(26)41(36,49)50/h5-8,13-14,16,26-27,29H,11-12,15,17-19,54H2,1-4H3,(H,56,62)/t26-,27+,29-/m0/s1. The average Bonchev–Trinajstić information content (AvgIpc) is 3.73. The van der Waals surface area contributed by atoms with Crippen LogP contribution in [0.25, 0.3) is 22.0 Å². The third kappa shape index (κ3) is 10.3. The molecular formula is C42H37ClF10N8O7S2. The fourth-order valence-electron chi connectivity index (χ4n) is 7.98. The lowest BCUT2D eigenvalue weighted by molar-refractivity contribution is -0.143. The number of anilines is 1. The molecule has 2 amide bonds. The third-order valence-electron chi connectivity index (χ3n) is 11.3. The molecule has 0 saturated heterocycles. The summed E-state index contributed by atoms with van der Waals surface area (Å²) in [5, 5.41) is 8.55. The van der Waals surface area contributed by atoms with Crippen molar-refractivity contribution < 1.29 is 75.1 Å². The van der Waals surface area contributed by atoms with Crippen molar-refractivity contribution in [2.75, 3.05) is 30.0 Å². The SMILES string of the molecule is CC(C)(C#Cc1ccc(-c2ccc(Cl)c3c(N(C(=O)OCCN)S(C)(=O)=O)nn(CC(F)(F)F)c23)c([C@H](Cc2cc(F)cc(F)c2)NC(=O)Cn2nc(C(F)(F)F)c3c2C(F)(F)[C@@H]2C[C@H]32)n1)S(C)(=O)=O. The van der Waals surface area contributed by atoms with Crippen LogP contribution in [-0.2, 0) is 61.0 Å². The van der Waals surface area contributed by atoms with Crippen molar-refractivity contribution in [3.05, 3.63) is 93.0 Å². The van der Waals surface area contributed by atoms with Crippen molar-refractivity contribution >= 4 is 60.2 Å². The Morgan fingerprint density at radius 1 is 0.986 bits per heavy atom. The zero-order valence-corrected chi connectivity index (χ0v) is 39.0. The lowest BCUT2D eigenvalue weighted by Gasteiger charge is -2.23. The van der Waals surface area contributed by atoms with Gasteiger partial charge in [0.15, 0.2) is 21.3 Å². The second-order valence-corrected chi connectivity index (χ2v) is 21.8. The largest absolute Gasteiger partial charge is 0.447 e. The first-order valence-corrected chi connectivity index (χ1v) is 24.5. The van der Waals surface area contributed by atoms with E-state index in [0.717, 1.165) is 42.7 Å². The molecule has 2 aliphatic rings. The quantitative estimate of drug-likeness (QED) is 0.0896. The second kappa shape index (κ2) is 18.0. The highest BCUT2D eigenvalue weighted by Crippen LogP contribution is 2.68. The number of amides is 2. The molecule has 0 bridgehead atoms. The molecule has 376 valence electrons. The molecule has 3 atom stereocenters. The topological polar surface area (TPSA) is 201 Å². The van der Waals surface area contributed by atoms with E-state index in [2.05, 4.69) is 32.3 Å². The number of carbonyl (C=O) groups is 2. The summed E-state index contributed by atoms with van der Waals surface area (Å²) in [7, 11) is -8.72. The van der Waals surface area contributed by atoms with Crippen molar-refractivity contribution in [2.45, 2.75) is 74.8 Å². The first-order chi connectivity index (χ1) is 32.2. The Morgan fingerprint density at radius 3 is 2.21 bits per heavy atom. The molecule has 2 aromatic carbocycles. The number of pyridine rings is 1. The molecule has 5 aromatic rings. The minimum atomic E-state index is -5.22. The predicted molar refractivity (Wildman–Crippen MR) is 230 cm³/mol. The van der Waals surface area contributed by atoms with Crippen molar-refractivity contribution in [1.29, 1.82) is 0 Å². The number of alkyl halides is 8. The van der Waals surface area contributed by atoms with Crippen molar-refractivity contribution in [2.24, 2.45) is 11.7 Å². The van der Waals surface area contributed by atoms with Crippen LogP contribution in [0.4, 0.5) is 54.5 Å². The van der Waals surface area contributed by atoms with Gasteiger partial charge < -0.3 is 15.8 Å². The van der Waals surface area contributed by atoms with E-state index in [0.29, 0.717) is 12.3 Å². The van der Waals surface area contributed by atoms with Gasteiger partial charge in [0.25, 0.3) is 5.92 Å². The molecule has 3 heterocycles. The molecular weight excluding hydrogens is 1020 g/mol. The summed E-state index contributed by atoms with van der Waals surface area (Å²) >= 11 is 6.57. The van der Waals surface area contributed by atoms with Gasteiger partial charge in [0, 0.05) is 41.5 Å². The van der Waals surface area contributed by atoms with Crippen molar-refractivity contribution in [3.8, 4) is 23.0 Å². The number of hydrogen-bond acceptors (Lipinski definition) is 11. The summed E-state index contributed by atoms with van der Waals surface area (Å²) in [6, 6.07) is 4.73. The predicted octanol–water partition coefficient (Wildman–Crippen LogP) is 7.15. The van der Waals surface area contributed by atoms with Gasteiger partial charge in [0.2, 0.25) is 15.9 Å². The van der Waals surface area contributed by atoms with Gasteiger partial charge in [-0.2, -0.15) is 49.6 Å². The summed E-state index contributed by atoms with van der Waals surface area (Å²) < 4.78 is 201. The number of aromatic nitrogens is 5. The first kappa shape index (κ1) is 51.9. The number of nitrogens with zero attached hydrogens (tertiary/aromatic N) is 6. The van der Waals surface area contributed by atoms with Crippen LogP contribution in [0.15, 0.2) is 42.5 Å². The molecule has 28 heteroatoms. The number of rotatable bonds is 13. The fourth-order valence-corrected chi connectivity index (χ4v) is 9.22. The molecule has 0 spiro atoms. The van der Waals surface area contributed by atoms with E-state index in [4.69, 9.17) is 22.1 Å². The summed E-state index contributed by atoms with van der Waals surface area (Å²) in [6.07, 6.45) is -11.6. The molecule has 3 N–H and O–H groups in total. The van der Waals surface area contributed by atoms with Crippen LogP contribution in [0.1, 0.15) is 66.1 Å². The van der Waals surface area contributed by atoms with E-state index in [-0.39, 0.29) is 49.0 Å². The first-order valence-electron chi connectivity index (χ1n) is 20.4. The lowest BCUT2D eigenvalue weighted by atomic mass is 9.93. The number of carbonyl (C=O) groups excluding carboxylic acids is 2. The van der Waals surface area contributed by atoms with Gasteiger partial charge in [-0.25, -0.2) is 35.4 Å². The molecule has 1 fully saturated rings. The number of nitrogens with one attached hydrogen (secondary N) is 1. The zero-order valence-electron chi connectivity index (χ0n) is 36.6. The molecule has 3 aromatic heterocycles. The zero-order chi connectivity index (χ0) is 51.8. The maximum absolute atomic E-state index is 15.6. The van der Waals surface area contributed by atoms with E-state index >= 15 is 8.78 Å². The molecule has 0 radical (unpaired) electrons. The minimum Gasteiger partial charge on any atom is -0.447 e. The summed E-state index contributed by atoms with van der Waals surface area (Å²) in [6.45, 7) is -1.69. The van der Waals surface area contributed by atoms with E-state index < -0.39 is 155 Å². The van der Waals surface area contributed by atoms with Gasteiger partial charge in [0.1, 0.15) is 47.5 Å². The van der Waals surface area contributed by atoms with Crippen molar-refractivity contribution in [3.63, 3.8) is 0 Å². The third-order valence-corrected chi connectivity index (χ3v) is 14.6. The smallest absolute Gasteiger partial charge is 0.435 e. The Bertz CT molecular complexity index is 3240. The second-order valence-electron chi connectivity index (χ2n) is 16.9. The highest BCUT2D eigenvalue weighted by Gasteiger charge is 2.68. The highest BCUT2D eigenvalue weighted by molar-refractivity contribution is 7.93. The van der Waals surface area contributed by atoms with Gasteiger partial charge in [-0.05, 0) is 74.4 Å². The van der Waals surface area contributed by atoms with Crippen LogP contribution in [0.5, 0.6) is 0 Å². The fraction of sp³-hybridized carbons (Fsp3) is 0.405. The Labute approximate surface area is 396 Å². The van der Waals surface area contributed by atoms with Crippen molar-refractivity contribution in [1.82, 2.24) is 29.9 Å². The Balaban J connectivity index is 1.49. The number of fused-ring (bicyclic) bond motifs is 4. The van der Waals surface area contributed by atoms with E-state index in [1.165, 1.54) is 13.8 Å². The molecule has 0 aliphatic heterocycles. The number of nitrogens with two attached hydrogens (primary N) is 1. The summed E-state index contributed by atoms with van der Waals surface area (Å²) in [5.41, 5.74) is -0.517. The average molecular weight is 1060 g/mol. The lowest BCUT2D eigenvalue weighted by Crippen LogP contribution is -2.38. The Hall–Kier alpha value is -5.98. The summed E-state index contributed by atoms with van der Waals surface area (Å²) in [4.78, 5) is 31.9. The van der Waals surface area contributed by atoms with Gasteiger partial charge in [0.05, 0.1) is 33.9 Å². The number of halogens is 11. The number of sulfonamides is 1. The van der Waals surface area contributed by atoms with E-state index in [1.54, 1.807) is 0 Å². The maximum Gasteiger partial charge on any atom is 0.435 e. The van der Waals surface area contributed by atoms with Crippen LogP contribution in [0, 0.1) is 29.4 Å². The van der Waals surface area contributed by atoms with Crippen LogP contribution < -0.4 is 15.4 Å². The molecule has 70 heavy (non-hydrogen) atoms. The van der Waals surface area contributed by atoms with Crippen LogP contribution in [-0.4, -0.2) is 90.0 Å². The molecule has 0 unspecified atom stereocenters. The van der Waals surface area contributed by atoms with Gasteiger partial charge in [-0.1, -0.05) is 23.6 Å². The van der Waals surface area contributed by atoms with Gasteiger partial charge in [-0.15, -0.1) is 0 Å². The van der Waals surface area contributed by atoms with Crippen LogP contribution in [0.2, 0.25) is 5.02 Å². The Kier molecular flexibility index (Phi) is 13.3. The number of hydrogen-bond donors (Lipinski definition) is 2. The maximum atomic E-state index is 15.6. The minimum absolute atomic E-state index is 0.0698. The molecule has 15 nitrogen and oxygen atoms in total. The van der Waals surface area contributed by atoms with Gasteiger partial charge >= 0.3 is 18.4 Å². The molecule has 1 saturated carbocycles. The van der Waals surface area contributed by atoms with Crippen LogP contribution in [0.3, 0.4) is 0 Å². The molecule has 2 aliphatic carbocycles. The van der Waals surface area contributed by atoms with Gasteiger partial charge in [-0.3, -0.25) is 14.2 Å². The van der Waals surface area contributed by atoms with E-state index in [1.807, 2.05) is 0 Å². The number of sulfone groups is 1. The van der Waals surface area contributed by atoms with E-state index in [9.17, 15) is 61.5 Å². The Morgan fingerprint density at radius 2 is 1.63 bits per heavy atom. The number of benzene rings is 2. The van der Waals surface area contributed by atoms with Crippen LogP contribution >= 0.6 is 11.6 Å².